The second-order valence-corrected chi connectivity index (χ2v) is 17.4. The van der Waals surface area contributed by atoms with Crippen LogP contribution in [-0.2, 0) is 31.9 Å². The molecule has 58 heavy (non-hydrogen) atoms. The van der Waals surface area contributed by atoms with Gasteiger partial charge in [-0.2, -0.15) is 0 Å². The van der Waals surface area contributed by atoms with Crippen molar-refractivity contribution in [2.75, 3.05) is 14.2 Å². The van der Waals surface area contributed by atoms with E-state index in [0.717, 1.165) is 83.0 Å². The van der Waals surface area contributed by atoms with Gasteiger partial charge in [0.05, 0.1) is 48.4 Å². The van der Waals surface area contributed by atoms with Crippen molar-refractivity contribution in [3.8, 4) is 0 Å². The molecule has 0 bridgehead atoms. The van der Waals surface area contributed by atoms with Crippen LogP contribution in [0.4, 0.5) is 9.59 Å². The first-order valence-electron chi connectivity index (χ1n) is 20.7. The quantitative estimate of drug-likeness (QED) is 0.118. The number of aromatic nitrogens is 4. The zero-order valence-corrected chi connectivity index (χ0v) is 33.9. The highest BCUT2D eigenvalue weighted by molar-refractivity contribution is 6.04. The third kappa shape index (κ3) is 6.79. The first kappa shape index (κ1) is 37.9. The van der Waals surface area contributed by atoms with Crippen molar-refractivity contribution in [2.24, 2.45) is 23.7 Å². The summed E-state index contributed by atoms with van der Waals surface area (Å²) in [4.78, 5) is 73.0. The van der Waals surface area contributed by atoms with Crippen LogP contribution in [0.2, 0.25) is 0 Å². The molecule has 2 aliphatic heterocycles. The van der Waals surface area contributed by atoms with Crippen LogP contribution in [0.5, 0.6) is 0 Å². The summed E-state index contributed by atoms with van der Waals surface area (Å²) in [5, 5.41) is 7.67. The Morgan fingerprint density at radius 2 is 1.22 bits per heavy atom. The highest BCUT2D eigenvalue weighted by Gasteiger charge is 2.57. The Labute approximate surface area is 336 Å². The van der Waals surface area contributed by atoms with E-state index in [1.165, 1.54) is 25.3 Å². The topological polar surface area (TPSA) is 175 Å². The normalized spacial score (nSPS) is 24.3. The standard InChI is InChI=1S/C44H52N8O6/c1-21(2)36(49-43(55)57-5)41(53)51-32-17-26(32)19-34(51)39-45-29-13-10-24(16-31(29)47-39)8-7-23-9-12-28-25(15-23)11-14-30-38(28)48-40(46-30)35-20-27-18-33(27)52(35)42(54)37(22(3)4)50-44(56)58-6/h9-16,21-22,26-27,32-37H,7-8,17-20H2,1-6H3,(H,45,47)(H,46,48)(H,49,55)(H,50,56)/t26-,27-,32-,33-,34+,35+,36+,37+/m1/s1. The number of rotatable bonds is 11. The molecule has 2 saturated heterocycles. The minimum atomic E-state index is -0.677. The van der Waals surface area contributed by atoms with E-state index in [0.29, 0.717) is 11.8 Å². The molecule has 0 radical (unpaired) electrons. The van der Waals surface area contributed by atoms with Crippen molar-refractivity contribution in [3.63, 3.8) is 0 Å². The number of nitrogens with zero attached hydrogens (tertiary/aromatic N) is 4. The lowest BCUT2D eigenvalue weighted by atomic mass is 10.0. The molecule has 2 aromatic heterocycles. The number of alkyl carbamates (subject to hydrolysis) is 2. The predicted octanol–water partition coefficient (Wildman–Crippen LogP) is 6.46. The summed E-state index contributed by atoms with van der Waals surface area (Å²) in [5.41, 5.74) is 6.05. The van der Waals surface area contributed by atoms with Crippen LogP contribution >= 0.6 is 0 Å². The fraction of sp³-hybridized carbons (Fsp3) is 0.500. The third-order valence-electron chi connectivity index (χ3n) is 12.9. The number of carbonyl (C=O) groups is 4. The molecule has 9 rings (SSSR count). The Morgan fingerprint density at radius 3 is 1.79 bits per heavy atom. The van der Waals surface area contributed by atoms with Gasteiger partial charge in [-0.15, -0.1) is 0 Å². The number of fused-ring (bicyclic) bond motifs is 6. The van der Waals surface area contributed by atoms with Crippen molar-refractivity contribution in [3.05, 3.63) is 71.3 Å². The number of amides is 4. The number of nitrogens with one attached hydrogen (secondary N) is 4. The minimum Gasteiger partial charge on any atom is -0.453 e. The Bertz CT molecular complexity index is 2440. The molecule has 2 aliphatic carbocycles. The maximum absolute atomic E-state index is 13.9. The molecule has 14 heteroatoms. The van der Waals surface area contributed by atoms with Crippen LogP contribution in [-0.4, -0.2) is 92.1 Å². The molecule has 8 atom stereocenters. The van der Waals surface area contributed by atoms with Gasteiger partial charge in [0.15, 0.2) is 0 Å². The number of imidazole rings is 2. The van der Waals surface area contributed by atoms with E-state index < -0.39 is 24.3 Å². The van der Waals surface area contributed by atoms with Crippen molar-refractivity contribution >= 4 is 56.8 Å². The summed E-state index contributed by atoms with van der Waals surface area (Å²) in [6.07, 6.45) is 4.15. The predicted molar refractivity (Wildman–Crippen MR) is 218 cm³/mol. The first-order chi connectivity index (χ1) is 27.9. The zero-order chi connectivity index (χ0) is 40.6. The van der Waals surface area contributed by atoms with Crippen molar-refractivity contribution in [1.29, 1.82) is 0 Å². The molecule has 4 fully saturated rings. The van der Waals surface area contributed by atoms with Crippen molar-refractivity contribution in [2.45, 2.75) is 102 Å². The van der Waals surface area contributed by atoms with Crippen molar-refractivity contribution in [1.82, 2.24) is 40.4 Å². The molecule has 4 aliphatic rings. The van der Waals surface area contributed by atoms with Gasteiger partial charge in [-0.05, 0) is 96.9 Å². The van der Waals surface area contributed by atoms with E-state index in [2.05, 4.69) is 69.1 Å². The maximum Gasteiger partial charge on any atom is 0.407 e. The average Bonchev–Trinajstić information content (AvgIpc) is 3.87. The summed E-state index contributed by atoms with van der Waals surface area (Å²) < 4.78 is 9.63. The number of hydrogen-bond donors (Lipinski definition) is 4. The Kier molecular flexibility index (Phi) is 9.55. The molecule has 14 nitrogen and oxygen atoms in total. The second-order valence-electron chi connectivity index (χ2n) is 17.4. The van der Waals surface area contributed by atoms with Gasteiger partial charge in [-0.1, -0.05) is 58.0 Å². The molecule has 4 N–H and O–H groups in total. The van der Waals surface area contributed by atoms with Crippen LogP contribution in [0.25, 0.3) is 32.8 Å². The number of aryl methyl sites for hydroxylation is 2. The molecule has 4 heterocycles. The van der Waals surface area contributed by atoms with Gasteiger partial charge in [0, 0.05) is 17.5 Å². The van der Waals surface area contributed by atoms with E-state index >= 15 is 0 Å². The molecule has 2 saturated carbocycles. The molecule has 3 aromatic carbocycles. The van der Waals surface area contributed by atoms with E-state index in [-0.39, 0.29) is 47.8 Å². The zero-order valence-electron chi connectivity index (χ0n) is 33.9. The number of H-pyrrole nitrogens is 2. The largest absolute Gasteiger partial charge is 0.453 e. The number of piperidine rings is 2. The number of ether oxygens (including phenoxy) is 2. The number of likely N-dealkylation sites (tertiary alicyclic amines) is 2. The van der Waals surface area contributed by atoms with E-state index in [4.69, 9.17) is 19.4 Å². The SMILES string of the molecule is COC(=O)N[C@H](C(=O)N1[C@@H]2C[C@@H]2C[C@H]1c1nc2ccc(CCc3ccc4c(ccc5[nH]c([C@@H]6C[C@H]7C[C@H]7N6C(=O)[C@@H](NC(=O)OC)C(C)C)nc54)c3)cc2[nH]1)C(C)C. The molecule has 0 spiro atoms. The summed E-state index contributed by atoms with van der Waals surface area (Å²) in [7, 11) is 2.62. The summed E-state index contributed by atoms with van der Waals surface area (Å²) in [6.45, 7) is 7.72. The van der Waals surface area contributed by atoms with Crippen molar-refractivity contribution < 1.29 is 28.7 Å². The maximum atomic E-state index is 13.9. The third-order valence-corrected chi connectivity index (χ3v) is 12.9. The number of carbonyl (C=O) groups excluding carboxylic acids is 4. The summed E-state index contributed by atoms with van der Waals surface area (Å²) in [6, 6.07) is 15.7. The lowest BCUT2D eigenvalue weighted by molar-refractivity contribution is -0.137. The fourth-order valence-corrected chi connectivity index (χ4v) is 9.62. The lowest BCUT2D eigenvalue weighted by Crippen LogP contribution is -2.52. The highest BCUT2D eigenvalue weighted by Crippen LogP contribution is 2.54. The van der Waals surface area contributed by atoms with Gasteiger partial charge in [-0.3, -0.25) is 9.59 Å². The van der Waals surface area contributed by atoms with Crippen LogP contribution in [0.3, 0.4) is 0 Å². The lowest BCUT2D eigenvalue weighted by Gasteiger charge is -2.31. The molecule has 0 unspecified atom stereocenters. The van der Waals surface area contributed by atoms with Crippen LogP contribution in [0.1, 0.15) is 88.2 Å². The van der Waals surface area contributed by atoms with Gasteiger partial charge in [0.2, 0.25) is 11.8 Å². The van der Waals surface area contributed by atoms with E-state index in [1.807, 2.05) is 37.5 Å². The fourth-order valence-electron chi connectivity index (χ4n) is 9.62. The van der Waals surface area contributed by atoms with Gasteiger partial charge in [0.25, 0.3) is 0 Å². The molecule has 4 amide bonds. The number of benzene rings is 3. The Balaban J connectivity index is 0.896. The molecule has 304 valence electrons. The van der Waals surface area contributed by atoms with E-state index in [9.17, 15) is 19.2 Å². The smallest absolute Gasteiger partial charge is 0.407 e. The molecular weight excluding hydrogens is 737 g/mol. The van der Waals surface area contributed by atoms with Gasteiger partial charge >= 0.3 is 12.2 Å². The molecule has 5 aromatic rings. The Hall–Kier alpha value is -5.66. The van der Waals surface area contributed by atoms with E-state index in [1.54, 1.807) is 0 Å². The summed E-state index contributed by atoms with van der Waals surface area (Å²) in [5.74, 6) is 2.10. The number of hydrogen-bond acceptors (Lipinski definition) is 8. The summed E-state index contributed by atoms with van der Waals surface area (Å²) >= 11 is 0. The minimum absolute atomic E-state index is 0.0877. The van der Waals surface area contributed by atoms with Gasteiger partial charge in [-0.25, -0.2) is 19.6 Å². The first-order valence-corrected chi connectivity index (χ1v) is 20.7. The second kappa shape index (κ2) is 14.6. The monoisotopic (exact) mass is 788 g/mol. The van der Waals surface area contributed by atoms with Gasteiger partial charge in [0.1, 0.15) is 23.7 Å². The van der Waals surface area contributed by atoms with Crippen LogP contribution in [0, 0.1) is 23.7 Å². The highest BCUT2D eigenvalue weighted by atomic mass is 16.5. The number of aromatic amines is 2. The average molecular weight is 789 g/mol. The Morgan fingerprint density at radius 1 is 0.690 bits per heavy atom. The molecular formula is C44H52N8O6. The number of methoxy groups -OCH3 is 2. The van der Waals surface area contributed by atoms with Crippen LogP contribution in [0.15, 0.2) is 48.5 Å². The van der Waals surface area contributed by atoms with Crippen LogP contribution < -0.4 is 10.6 Å². The van der Waals surface area contributed by atoms with Gasteiger partial charge < -0.3 is 39.9 Å².